The summed E-state index contributed by atoms with van der Waals surface area (Å²) in [7, 11) is -3.03. The van der Waals surface area contributed by atoms with Crippen molar-refractivity contribution in [1.29, 1.82) is 0 Å². The number of sulfone groups is 1. The molecule has 25 heavy (non-hydrogen) atoms. The fourth-order valence-electron chi connectivity index (χ4n) is 2.83. The molecule has 1 saturated heterocycles. The quantitative estimate of drug-likeness (QED) is 0.870. The molecular formula is C17H20N4O3S. The summed E-state index contributed by atoms with van der Waals surface area (Å²) in [6.45, 7) is 2.72. The Balaban J connectivity index is 1.70. The largest absolute Gasteiger partial charge is 0.347 e. The number of carbonyl (C=O) groups excluding carboxylic acids is 1. The van der Waals surface area contributed by atoms with Gasteiger partial charge in [0.2, 0.25) is 0 Å². The molecule has 1 fully saturated rings. The van der Waals surface area contributed by atoms with E-state index in [9.17, 15) is 13.2 Å². The van der Waals surface area contributed by atoms with Crippen molar-refractivity contribution < 1.29 is 13.2 Å². The Morgan fingerprint density at radius 3 is 2.56 bits per heavy atom. The molecule has 1 aromatic carbocycles. The number of aromatic nitrogens is 2. The van der Waals surface area contributed by atoms with Crippen LogP contribution in [0, 0.1) is 0 Å². The van der Waals surface area contributed by atoms with Gasteiger partial charge in [0, 0.05) is 18.3 Å². The monoisotopic (exact) mass is 360 g/mol. The van der Waals surface area contributed by atoms with E-state index in [-0.39, 0.29) is 23.2 Å². The Bertz CT molecular complexity index is 838. The van der Waals surface area contributed by atoms with Crippen LogP contribution in [0.25, 0.3) is 0 Å². The predicted molar refractivity (Wildman–Crippen MR) is 95.7 cm³/mol. The fraction of sp³-hybridized carbons (Fsp3) is 0.353. The number of nitrogens with zero attached hydrogens (tertiary/aromatic N) is 3. The molecule has 2 heterocycles. The highest BCUT2D eigenvalue weighted by atomic mass is 32.2. The lowest BCUT2D eigenvalue weighted by Crippen LogP contribution is -2.36. The van der Waals surface area contributed by atoms with Crippen molar-refractivity contribution in [3.63, 3.8) is 0 Å². The fourth-order valence-corrected chi connectivity index (χ4v) is 4.50. The summed E-state index contributed by atoms with van der Waals surface area (Å²) < 4.78 is 22.9. The number of rotatable bonds is 5. The number of carbonyl (C=O) groups is 1. The molecule has 8 heteroatoms. The van der Waals surface area contributed by atoms with Gasteiger partial charge in [-0.3, -0.25) is 4.79 Å². The molecule has 1 aliphatic rings. The second kappa shape index (κ2) is 7.18. The molecular weight excluding hydrogens is 340 g/mol. The van der Waals surface area contributed by atoms with Gasteiger partial charge in [-0.2, -0.15) is 0 Å². The van der Waals surface area contributed by atoms with E-state index < -0.39 is 15.7 Å². The topological polar surface area (TPSA) is 92.3 Å². The smallest absolute Gasteiger partial charge is 0.271 e. The minimum absolute atomic E-state index is 0.0120. The highest BCUT2D eigenvalue weighted by Crippen LogP contribution is 2.22. The van der Waals surface area contributed by atoms with Crippen LogP contribution >= 0.6 is 0 Å². The van der Waals surface area contributed by atoms with Crippen LogP contribution in [0.4, 0.5) is 11.5 Å². The maximum Gasteiger partial charge on any atom is 0.271 e. The number of amides is 1. The normalized spacial score (nSPS) is 18.7. The molecule has 0 spiro atoms. The van der Waals surface area contributed by atoms with Crippen molar-refractivity contribution >= 4 is 27.2 Å². The van der Waals surface area contributed by atoms with Crippen molar-refractivity contribution in [3.8, 4) is 0 Å². The van der Waals surface area contributed by atoms with Gasteiger partial charge in [0.05, 0.1) is 23.9 Å². The lowest BCUT2D eigenvalue weighted by molar-refractivity contribution is 0.0935. The molecule has 1 amide bonds. The van der Waals surface area contributed by atoms with Gasteiger partial charge in [0.1, 0.15) is 5.69 Å². The van der Waals surface area contributed by atoms with Crippen LogP contribution in [-0.4, -0.2) is 48.4 Å². The number of benzene rings is 1. The van der Waals surface area contributed by atoms with Crippen molar-refractivity contribution in [2.24, 2.45) is 0 Å². The molecule has 132 valence electrons. The van der Waals surface area contributed by atoms with E-state index in [4.69, 9.17) is 0 Å². The number of anilines is 2. The Morgan fingerprint density at radius 2 is 2.00 bits per heavy atom. The molecule has 0 bridgehead atoms. The van der Waals surface area contributed by atoms with Gasteiger partial charge in [-0.25, -0.2) is 18.4 Å². The SMILES string of the molecule is CCN(c1ccccc1)c1cnc(C(=O)NC2CCS(=O)(=O)C2)cn1. The Kier molecular flexibility index (Phi) is 4.98. The summed E-state index contributed by atoms with van der Waals surface area (Å²) >= 11 is 0. The third kappa shape index (κ3) is 4.14. The lowest BCUT2D eigenvalue weighted by atomic mass is 10.2. The Hall–Kier alpha value is -2.48. The lowest BCUT2D eigenvalue weighted by Gasteiger charge is -2.21. The second-order valence-corrected chi connectivity index (χ2v) is 8.14. The molecule has 0 saturated carbocycles. The predicted octanol–water partition coefficient (Wildman–Crippen LogP) is 1.55. The van der Waals surface area contributed by atoms with E-state index in [2.05, 4.69) is 15.3 Å². The maximum absolute atomic E-state index is 12.2. The van der Waals surface area contributed by atoms with Gasteiger partial charge in [-0.1, -0.05) is 18.2 Å². The van der Waals surface area contributed by atoms with E-state index in [0.29, 0.717) is 18.8 Å². The molecule has 1 unspecified atom stereocenters. The Morgan fingerprint density at radius 1 is 1.24 bits per heavy atom. The van der Waals surface area contributed by atoms with Gasteiger partial charge < -0.3 is 10.2 Å². The first-order chi connectivity index (χ1) is 12.0. The number of hydrogen-bond donors (Lipinski definition) is 1. The first-order valence-corrected chi connectivity index (χ1v) is 9.96. The minimum Gasteiger partial charge on any atom is -0.347 e. The summed E-state index contributed by atoms with van der Waals surface area (Å²) in [5, 5.41) is 2.71. The third-order valence-corrected chi connectivity index (χ3v) is 5.87. The Labute approximate surface area is 147 Å². The van der Waals surface area contributed by atoms with Crippen molar-refractivity contribution in [1.82, 2.24) is 15.3 Å². The van der Waals surface area contributed by atoms with E-state index in [1.165, 1.54) is 6.20 Å². The number of hydrogen-bond acceptors (Lipinski definition) is 6. The second-order valence-electron chi connectivity index (χ2n) is 5.91. The van der Waals surface area contributed by atoms with Crippen LogP contribution in [0.15, 0.2) is 42.7 Å². The first-order valence-electron chi connectivity index (χ1n) is 8.14. The highest BCUT2D eigenvalue weighted by Gasteiger charge is 2.29. The molecule has 7 nitrogen and oxygen atoms in total. The molecule has 1 atom stereocenters. The summed E-state index contributed by atoms with van der Waals surface area (Å²) in [6.07, 6.45) is 3.41. The number of para-hydroxylation sites is 1. The summed E-state index contributed by atoms with van der Waals surface area (Å²) in [4.78, 5) is 22.7. The van der Waals surface area contributed by atoms with Crippen LogP contribution in [0.3, 0.4) is 0 Å². The minimum atomic E-state index is -3.03. The van der Waals surface area contributed by atoms with Gasteiger partial charge in [-0.05, 0) is 25.5 Å². The first kappa shape index (κ1) is 17.3. The third-order valence-electron chi connectivity index (χ3n) is 4.10. The van der Waals surface area contributed by atoms with E-state index >= 15 is 0 Å². The molecule has 1 aliphatic heterocycles. The van der Waals surface area contributed by atoms with E-state index in [0.717, 1.165) is 5.69 Å². The van der Waals surface area contributed by atoms with Gasteiger partial charge >= 0.3 is 0 Å². The molecule has 1 N–H and O–H groups in total. The van der Waals surface area contributed by atoms with Gasteiger partial charge in [-0.15, -0.1) is 0 Å². The summed E-state index contributed by atoms with van der Waals surface area (Å²) in [6, 6.07) is 9.44. The standard InChI is InChI=1S/C17H20N4O3S/c1-2-21(14-6-4-3-5-7-14)16-11-18-15(10-19-16)17(22)20-13-8-9-25(23,24)12-13/h3-7,10-11,13H,2,8-9,12H2,1H3,(H,20,22). The summed E-state index contributed by atoms with van der Waals surface area (Å²) in [5.41, 5.74) is 1.17. The average molecular weight is 360 g/mol. The van der Waals surface area contributed by atoms with Crippen LogP contribution in [-0.2, 0) is 9.84 Å². The molecule has 2 aromatic rings. The van der Waals surface area contributed by atoms with Gasteiger partial charge in [0.15, 0.2) is 15.7 Å². The zero-order valence-corrected chi connectivity index (χ0v) is 14.7. The average Bonchev–Trinajstić information content (AvgIpc) is 2.95. The van der Waals surface area contributed by atoms with Crippen molar-refractivity contribution in [3.05, 3.63) is 48.4 Å². The van der Waals surface area contributed by atoms with E-state index in [1.807, 2.05) is 42.2 Å². The van der Waals surface area contributed by atoms with Crippen molar-refractivity contribution in [2.45, 2.75) is 19.4 Å². The van der Waals surface area contributed by atoms with Crippen molar-refractivity contribution in [2.75, 3.05) is 23.0 Å². The molecule has 0 radical (unpaired) electrons. The maximum atomic E-state index is 12.2. The zero-order chi connectivity index (χ0) is 17.9. The molecule has 0 aliphatic carbocycles. The van der Waals surface area contributed by atoms with Crippen LogP contribution in [0.1, 0.15) is 23.8 Å². The van der Waals surface area contributed by atoms with E-state index in [1.54, 1.807) is 6.20 Å². The van der Waals surface area contributed by atoms with Crippen LogP contribution in [0.2, 0.25) is 0 Å². The molecule has 3 rings (SSSR count). The van der Waals surface area contributed by atoms with Crippen LogP contribution in [0.5, 0.6) is 0 Å². The van der Waals surface area contributed by atoms with Crippen LogP contribution < -0.4 is 10.2 Å². The number of nitrogens with one attached hydrogen (secondary N) is 1. The zero-order valence-electron chi connectivity index (χ0n) is 13.9. The molecule has 1 aromatic heterocycles. The van der Waals surface area contributed by atoms with Gasteiger partial charge in [0.25, 0.3) is 5.91 Å². The summed E-state index contributed by atoms with van der Waals surface area (Å²) in [5.74, 6) is 0.352. The highest BCUT2D eigenvalue weighted by molar-refractivity contribution is 7.91.